The summed E-state index contributed by atoms with van der Waals surface area (Å²) in [4.78, 5) is 22.3. The monoisotopic (exact) mass is 446 g/mol. The molecule has 8 heteroatoms. The van der Waals surface area contributed by atoms with Crippen LogP contribution in [0.3, 0.4) is 0 Å². The molecular formula is C25H26N4O4. The highest BCUT2D eigenvalue weighted by Crippen LogP contribution is 2.33. The summed E-state index contributed by atoms with van der Waals surface area (Å²) in [6, 6.07) is 11.3. The molecule has 1 aliphatic heterocycles. The first-order valence-electron chi connectivity index (χ1n) is 10.8. The molecular weight excluding hydrogens is 420 g/mol. The summed E-state index contributed by atoms with van der Waals surface area (Å²) in [6.45, 7) is 14.2. The van der Waals surface area contributed by atoms with Gasteiger partial charge in [0, 0.05) is 24.2 Å². The van der Waals surface area contributed by atoms with Gasteiger partial charge in [0.2, 0.25) is 11.5 Å². The van der Waals surface area contributed by atoms with E-state index in [0.717, 1.165) is 24.0 Å². The maximum absolute atomic E-state index is 12.5. The Bertz CT molecular complexity index is 1220. The number of hydrogen-bond donors (Lipinski definition) is 0. The topological polar surface area (TPSA) is 82.1 Å². The van der Waals surface area contributed by atoms with Gasteiger partial charge < -0.3 is 18.9 Å². The van der Waals surface area contributed by atoms with Gasteiger partial charge in [0.25, 0.3) is 5.89 Å². The minimum absolute atomic E-state index is 0.281. The van der Waals surface area contributed by atoms with Crippen LogP contribution in [-0.2, 0) is 17.6 Å². The van der Waals surface area contributed by atoms with Gasteiger partial charge in [-0.1, -0.05) is 17.3 Å². The van der Waals surface area contributed by atoms with Crippen LogP contribution in [0.1, 0.15) is 31.9 Å². The van der Waals surface area contributed by atoms with Crippen LogP contribution >= 0.6 is 0 Å². The molecule has 2 heterocycles. The Labute approximate surface area is 192 Å². The fourth-order valence-corrected chi connectivity index (χ4v) is 3.74. The third-order valence-electron chi connectivity index (χ3n) is 5.39. The highest BCUT2D eigenvalue weighted by Gasteiger charge is 2.24. The molecule has 0 aliphatic carbocycles. The average Bonchev–Trinajstić information content (AvgIpc) is 3.18. The van der Waals surface area contributed by atoms with Crippen LogP contribution in [-0.4, -0.2) is 46.9 Å². The molecule has 33 heavy (non-hydrogen) atoms. The zero-order valence-corrected chi connectivity index (χ0v) is 19.2. The molecule has 0 fully saturated rings. The van der Waals surface area contributed by atoms with Gasteiger partial charge in [-0.05, 0) is 69.0 Å². The van der Waals surface area contributed by atoms with E-state index in [2.05, 4.69) is 27.1 Å². The van der Waals surface area contributed by atoms with Crippen LogP contribution < -0.4 is 4.74 Å². The molecule has 0 saturated carbocycles. The van der Waals surface area contributed by atoms with Crippen molar-refractivity contribution in [3.63, 3.8) is 0 Å². The van der Waals surface area contributed by atoms with E-state index in [4.69, 9.17) is 20.6 Å². The summed E-state index contributed by atoms with van der Waals surface area (Å²) >= 11 is 0. The third-order valence-corrected chi connectivity index (χ3v) is 5.39. The van der Waals surface area contributed by atoms with E-state index in [1.165, 1.54) is 12.7 Å². The minimum Gasteiger partial charge on any atom is -0.508 e. The number of amides is 1. The normalized spacial score (nSPS) is 13.6. The Morgan fingerprint density at radius 3 is 2.52 bits per heavy atom. The predicted octanol–water partition coefficient (Wildman–Crippen LogP) is 5.30. The first-order chi connectivity index (χ1) is 15.8. The Morgan fingerprint density at radius 2 is 1.82 bits per heavy atom. The number of carbonyl (C=O) groups excluding carboxylic acids is 1. The van der Waals surface area contributed by atoms with Gasteiger partial charge >= 0.3 is 6.09 Å². The Kier molecular flexibility index (Phi) is 6.05. The van der Waals surface area contributed by atoms with Gasteiger partial charge in [0.15, 0.2) is 0 Å². The quantitative estimate of drug-likeness (QED) is 0.508. The highest BCUT2D eigenvalue weighted by atomic mass is 16.6. The lowest BCUT2D eigenvalue weighted by Gasteiger charge is -2.26. The van der Waals surface area contributed by atoms with Gasteiger partial charge in [-0.15, -0.1) is 0 Å². The zero-order chi connectivity index (χ0) is 23.6. The smallest absolute Gasteiger partial charge is 0.410 e. The molecule has 0 radical (unpaired) electrons. The number of aromatic nitrogens is 2. The van der Waals surface area contributed by atoms with Crippen LogP contribution in [0, 0.1) is 6.57 Å². The third kappa shape index (κ3) is 4.98. The minimum atomic E-state index is -0.515. The van der Waals surface area contributed by atoms with Crippen molar-refractivity contribution in [1.29, 1.82) is 0 Å². The van der Waals surface area contributed by atoms with Crippen LogP contribution in [0.25, 0.3) is 27.7 Å². The second kappa shape index (κ2) is 8.94. The molecule has 0 N–H and O–H groups in total. The Balaban J connectivity index is 1.53. The lowest BCUT2D eigenvalue weighted by atomic mass is 10.00. The highest BCUT2D eigenvalue weighted by molar-refractivity contribution is 5.70. The van der Waals surface area contributed by atoms with Crippen molar-refractivity contribution in [3.05, 3.63) is 58.9 Å². The maximum Gasteiger partial charge on any atom is 0.410 e. The molecule has 0 unspecified atom stereocenters. The second-order valence-corrected chi connectivity index (χ2v) is 8.87. The molecule has 0 bridgehead atoms. The van der Waals surface area contributed by atoms with E-state index in [1.807, 2.05) is 26.8 Å². The zero-order valence-electron chi connectivity index (χ0n) is 19.2. The predicted molar refractivity (Wildman–Crippen MR) is 123 cm³/mol. The van der Waals surface area contributed by atoms with Gasteiger partial charge in [0.05, 0.1) is 13.7 Å². The fourth-order valence-electron chi connectivity index (χ4n) is 3.74. The van der Waals surface area contributed by atoms with E-state index in [-0.39, 0.29) is 6.09 Å². The van der Waals surface area contributed by atoms with Crippen molar-refractivity contribution >= 4 is 11.8 Å². The van der Waals surface area contributed by atoms with Crippen molar-refractivity contribution in [2.75, 3.05) is 20.2 Å². The summed E-state index contributed by atoms with van der Waals surface area (Å²) in [5.74, 6) is 1.31. The second-order valence-electron chi connectivity index (χ2n) is 8.87. The summed E-state index contributed by atoms with van der Waals surface area (Å²) < 4.78 is 16.2. The largest absolute Gasteiger partial charge is 0.508 e. The molecule has 2 aromatic carbocycles. The molecule has 8 nitrogen and oxygen atoms in total. The lowest BCUT2D eigenvalue weighted by molar-refractivity contribution is 0.0258. The van der Waals surface area contributed by atoms with E-state index in [1.54, 1.807) is 23.1 Å². The summed E-state index contributed by atoms with van der Waals surface area (Å²) in [6.07, 6.45) is 1.20. The molecule has 1 amide bonds. The molecule has 0 atom stereocenters. The van der Waals surface area contributed by atoms with Crippen molar-refractivity contribution in [2.45, 2.75) is 39.2 Å². The van der Waals surface area contributed by atoms with Gasteiger partial charge in [-0.25, -0.2) is 9.64 Å². The molecule has 0 saturated heterocycles. The Morgan fingerprint density at radius 1 is 1.09 bits per heavy atom. The van der Waals surface area contributed by atoms with E-state index < -0.39 is 5.60 Å². The number of hydrogen-bond acceptors (Lipinski definition) is 6. The first-order valence-corrected chi connectivity index (χ1v) is 10.8. The standard InChI is InChI=1S/C25H26N4O4/c1-25(2,3)32-24(30)29-12-10-16-6-7-18(14-17(16)11-13-29)22-27-23(33-28-22)19-8-9-21(31-5)20(15-19)26-4/h6-9,14-15H,10-13H2,1-3,5H3. The number of benzene rings is 2. The summed E-state index contributed by atoms with van der Waals surface area (Å²) in [5, 5.41) is 4.14. The van der Waals surface area contributed by atoms with Crippen molar-refractivity contribution in [3.8, 4) is 28.6 Å². The van der Waals surface area contributed by atoms with Crippen LogP contribution in [0.4, 0.5) is 10.5 Å². The maximum atomic E-state index is 12.5. The SMILES string of the molecule is [C-]#[N+]c1cc(-c2nc(-c3ccc4c(c3)CCN(C(=O)OC(C)(C)C)CC4)no2)ccc1OC. The molecule has 0 spiro atoms. The first kappa shape index (κ1) is 22.3. The molecule has 4 rings (SSSR count). The number of methoxy groups -OCH3 is 1. The lowest BCUT2D eigenvalue weighted by Crippen LogP contribution is -2.38. The van der Waals surface area contributed by atoms with Gasteiger partial charge in [0.1, 0.15) is 11.4 Å². The van der Waals surface area contributed by atoms with Crippen LogP contribution in [0.5, 0.6) is 5.75 Å². The fraction of sp³-hybridized carbons (Fsp3) is 0.360. The average molecular weight is 447 g/mol. The summed E-state index contributed by atoms with van der Waals surface area (Å²) in [5.41, 5.74) is 3.72. The number of carbonyl (C=O) groups is 1. The van der Waals surface area contributed by atoms with Crippen molar-refractivity contribution in [1.82, 2.24) is 15.0 Å². The van der Waals surface area contributed by atoms with Crippen LogP contribution in [0.2, 0.25) is 0 Å². The molecule has 1 aromatic heterocycles. The van der Waals surface area contributed by atoms with E-state index in [9.17, 15) is 4.79 Å². The number of rotatable bonds is 3. The van der Waals surface area contributed by atoms with Crippen LogP contribution in [0.15, 0.2) is 40.9 Å². The molecule has 170 valence electrons. The van der Waals surface area contributed by atoms with Crippen molar-refractivity contribution in [2.24, 2.45) is 0 Å². The van der Waals surface area contributed by atoms with Crippen molar-refractivity contribution < 1.29 is 18.8 Å². The summed E-state index contributed by atoms with van der Waals surface area (Å²) in [7, 11) is 1.53. The number of nitrogens with zero attached hydrogens (tertiary/aromatic N) is 4. The van der Waals surface area contributed by atoms with Gasteiger partial charge in [-0.3, -0.25) is 0 Å². The van der Waals surface area contributed by atoms with Gasteiger partial charge in [-0.2, -0.15) is 4.98 Å². The van der Waals surface area contributed by atoms with E-state index >= 15 is 0 Å². The molecule has 1 aliphatic rings. The number of fused-ring (bicyclic) bond motifs is 1. The number of ether oxygens (including phenoxy) is 2. The van der Waals surface area contributed by atoms with E-state index in [0.29, 0.717) is 41.8 Å². The molecule has 3 aromatic rings. The Hall–Kier alpha value is -3.86.